The van der Waals surface area contributed by atoms with E-state index in [0.717, 1.165) is 0 Å². The summed E-state index contributed by atoms with van der Waals surface area (Å²) in [5.74, 6) is 0.261. The molecule has 0 aliphatic rings. The quantitative estimate of drug-likeness (QED) is 0.713. The Morgan fingerprint density at radius 3 is 2.88 bits per heavy atom. The van der Waals surface area contributed by atoms with Crippen LogP contribution in [0.15, 0.2) is 28.8 Å². The van der Waals surface area contributed by atoms with Crippen molar-refractivity contribution in [3.05, 3.63) is 52.4 Å². The third-order valence-electron chi connectivity index (χ3n) is 3.79. The van der Waals surface area contributed by atoms with Gasteiger partial charge in [-0.2, -0.15) is 10.1 Å². The van der Waals surface area contributed by atoms with Crippen molar-refractivity contribution < 1.29 is 13.7 Å². The lowest BCUT2D eigenvalue weighted by atomic mass is 10.1. The zero-order chi connectivity index (χ0) is 18.7. The van der Waals surface area contributed by atoms with Gasteiger partial charge in [0.2, 0.25) is 17.6 Å². The maximum atomic E-state index is 13.3. The molecule has 0 saturated heterocycles. The highest BCUT2D eigenvalue weighted by atomic mass is 35.5. The Labute approximate surface area is 154 Å². The molecule has 136 valence electrons. The standard InChI is InChI=1S/C17H17ClFN5O2/c1-10-7-11(3-4-13(10)19)17-21-16(26-23-17)6-5-15(25)20-9-12-8-14(18)24(2)22-12/h3-4,7-8H,5-6,9H2,1-2H3,(H,20,25). The predicted octanol–water partition coefficient (Wildman–Crippen LogP) is 2.82. The molecule has 3 rings (SSSR count). The molecule has 7 nitrogen and oxygen atoms in total. The lowest BCUT2D eigenvalue weighted by Gasteiger charge is -2.01. The molecule has 1 aromatic carbocycles. The summed E-state index contributed by atoms with van der Waals surface area (Å²) in [5, 5.41) is 11.3. The minimum absolute atomic E-state index is 0.163. The minimum Gasteiger partial charge on any atom is -0.350 e. The van der Waals surface area contributed by atoms with E-state index in [9.17, 15) is 9.18 Å². The van der Waals surface area contributed by atoms with Gasteiger partial charge in [-0.1, -0.05) is 16.8 Å². The smallest absolute Gasteiger partial charge is 0.227 e. The molecule has 1 amide bonds. The zero-order valence-electron chi connectivity index (χ0n) is 14.3. The van der Waals surface area contributed by atoms with Crippen molar-refractivity contribution in [1.29, 1.82) is 0 Å². The Bertz CT molecular complexity index is 918. The Balaban J connectivity index is 1.52. The van der Waals surface area contributed by atoms with Gasteiger partial charge in [0.05, 0.1) is 12.2 Å². The maximum absolute atomic E-state index is 13.3. The van der Waals surface area contributed by atoms with Crippen LogP contribution >= 0.6 is 11.6 Å². The first-order valence-electron chi connectivity index (χ1n) is 7.96. The number of rotatable bonds is 6. The number of halogens is 2. The molecule has 0 unspecified atom stereocenters. The van der Waals surface area contributed by atoms with Gasteiger partial charge in [-0.05, 0) is 30.7 Å². The zero-order valence-corrected chi connectivity index (χ0v) is 15.0. The number of aromatic nitrogens is 4. The number of carbonyl (C=O) groups excluding carboxylic acids is 1. The van der Waals surface area contributed by atoms with Gasteiger partial charge >= 0.3 is 0 Å². The van der Waals surface area contributed by atoms with Crippen LogP contribution in [0.3, 0.4) is 0 Å². The molecule has 0 radical (unpaired) electrons. The number of nitrogens with one attached hydrogen (secondary N) is 1. The largest absolute Gasteiger partial charge is 0.350 e. The summed E-state index contributed by atoms with van der Waals surface area (Å²) in [6, 6.07) is 6.28. The van der Waals surface area contributed by atoms with Gasteiger partial charge in [-0.15, -0.1) is 0 Å². The van der Waals surface area contributed by atoms with Gasteiger partial charge in [0.1, 0.15) is 11.0 Å². The Morgan fingerprint density at radius 1 is 1.38 bits per heavy atom. The van der Waals surface area contributed by atoms with Crippen molar-refractivity contribution >= 4 is 17.5 Å². The van der Waals surface area contributed by atoms with E-state index in [1.807, 2.05) is 0 Å². The second-order valence-electron chi connectivity index (χ2n) is 5.83. The average Bonchev–Trinajstić information content (AvgIpc) is 3.21. The fraction of sp³-hybridized carbons (Fsp3) is 0.294. The first kappa shape index (κ1) is 18.1. The highest BCUT2D eigenvalue weighted by molar-refractivity contribution is 6.29. The third-order valence-corrected chi connectivity index (χ3v) is 4.14. The Hall–Kier alpha value is -2.74. The molecule has 2 aromatic heterocycles. The summed E-state index contributed by atoms with van der Waals surface area (Å²) in [6.45, 7) is 1.96. The van der Waals surface area contributed by atoms with Gasteiger partial charge < -0.3 is 9.84 Å². The SMILES string of the molecule is Cc1cc(-c2noc(CCC(=O)NCc3cc(Cl)n(C)n3)n2)ccc1F. The van der Waals surface area contributed by atoms with E-state index >= 15 is 0 Å². The lowest BCUT2D eigenvalue weighted by Crippen LogP contribution is -2.23. The summed E-state index contributed by atoms with van der Waals surface area (Å²) >= 11 is 5.90. The molecule has 26 heavy (non-hydrogen) atoms. The van der Waals surface area contributed by atoms with Crippen LogP contribution in [0, 0.1) is 12.7 Å². The third kappa shape index (κ3) is 4.26. The molecule has 0 aliphatic heterocycles. The molecule has 0 fully saturated rings. The van der Waals surface area contributed by atoms with Crippen molar-refractivity contribution in [2.75, 3.05) is 0 Å². The second-order valence-corrected chi connectivity index (χ2v) is 6.22. The maximum Gasteiger partial charge on any atom is 0.227 e. The summed E-state index contributed by atoms with van der Waals surface area (Å²) in [4.78, 5) is 16.2. The van der Waals surface area contributed by atoms with E-state index in [1.165, 1.54) is 10.7 Å². The van der Waals surface area contributed by atoms with Crippen molar-refractivity contribution in [1.82, 2.24) is 25.2 Å². The van der Waals surface area contributed by atoms with Crippen LogP contribution < -0.4 is 5.32 Å². The van der Waals surface area contributed by atoms with Gasteiger partial charge in [0.15, 0.2) is 0 Å². The summed E-state index contributed by atoms with van der Waals surface area (Å²) in [5.41, 5.74) is 1.84. The van der Waals surface area contributed by atoms with E-state index < -0.39 is 0 Å². The fourth-order valence-corrected chi connectivity index (χ4v) is 2.51. The number of carbonyl (C=O) groups is 1. The normalized spacial score (nSPS) is 10.9. The highest BCUT2D eigenvalue weighted by Gasteiger charge is 2.12. The fourth-order valence-electron chi connectivity index (χ4n) is 2.34. The van der Waals surface area contributed by atoms with Crippen LogP contribution in [-0.4, -0.2) is 25.8 Å². The number of amides is 1. The molecule has 9 heteroatoms. The number of hydrogen-bond donors (Lipinski definition) is 1. The minimum atomic E-state index is -0.289. The van der Waals surface area contributed by atoms with E-state index in [0.29, 0.717) is 46.7 Å². The van der Waals surface area contributed by atoms with Crippen LogP contribution in [0.1, 0.15) is 23.6 Å². The van der Waals surface area contributed by atoms with Crippen molar-refractivity contribution in [3.8, 4) is 11.4 Å². The van der Waals surface area contributed by atoms with E-state index in [4.69, 9.17) is 16.1 Å². The second kappa shape index (κ2) is 7.65. The predicted molar refractivity (Wildman–Crippen MR) is 92.8 cm³/mol. The summed E-state index contributed by atoms with van der Waals surface area (Å²) < 4.78 is 20.0. The molecule has 0 saturated carbocycles. The van der Waals surface area contributed by atoms with Crippen molar-refractivity contribution in [2.45, 2.75) is 26.3 Å². The molecule has 0 aliphatic carbocycles. The summed E-state index contributed by atoms with van der Waals surface area (Å²) in [6.07, 6.45) is 0.507. The van der Waals surface area contributed by atoms with Crippen LogP contribution in [0.5, 0.6) is 0 Å². The number of benzene rings is 1. The van der Waals surface area contributed by atoms with Gasteiger partial charge in [-0.3, -0.25) is 9.48 Å². The molecule has 0 spiro atoms. The van der Waals surface area contributed by atoms with Gasteiger partial charge in [-0.25, -0.2) is 4.39 Å². The molecule has 3 aromatic rings. The number of nitrogens with zero attached hydrogens (tertiary/aromatic N) is 4. The Kier molecular flexibility index (Phi) is 5.32. The van der Waals surface area contributed by atoms with E-state index in [2.05, 4.69) is 20.6 Å². The van der Waals surface area contributed by atoms with Crippen molar-refractivity contribution in [3.63, 3.8) is 0 Å². The molecular weight excluding hydrogens is 361 g/mol. The van der Waals surface area contributed by atoms with Crippen LogP contribution in [0.4, 0.5) is 4.39 Å². The first-order valence-corrected chi connectivity index (χ1v) is 8.34. The molecular formula is C17H17ClFN5O2. The van der Waals surface area contributed by atoms with E-state index in [-0.39, 0.29) is 18.1 Å². The molecule has 2 heterocycles. The van der Waals surface area contributed by atoms with Crippen LogP contribution in [-0.2, 0) is 24.8 Å². The van der Waals surface area contributed by atoms with Gasteiger partial charge in [0, 0.05) is 31.5 Å². The highest BCUT2D eigenvalue weighted by Crippen LogP contribution is 2.19. The van der Waals surface area contributed by atoms with Crippen molar-refractivity contribution in [2.24, 2.45) is 7.05 Å². The molecule has 0 bridgehead atoms. The van der Waals surface area contributed by atoms with Gasteiger partial charge in [0.25, 0.3) is 0 Å². The summed E-state index contributed by atoms with van der Waals surface area (Å²) in [7, 11) is 1.73. The first-order chi connectivity index (χ1) is 12.4. The monoisotopic (exact) mass is 377 g/mol. The van der Waals surface area contributed by atoms with E-state index in [1.54, 1.807) is 32.2 Å². The van der Waals surface area contributed by atoms with Crippen LogP contribution in [0.2, 0.25) is 5.15 Å². The topological polar surface area (TPSA) is 85.8 Å². The number of hydrogen-bond acceptors (Lipinski definition) is 5. The lowest BCUT2D eigenvalue weighted by molar-refractivity contribution is -0.121. The Morgan fingerprint density at radius 2 is 2.19 bits per heavy atom. The van der Waals surface area contributed by atoms with Crippen LogP contribution in [0.25, 0.3) is 11.4 Å². The average molecular weight is 378 g/mol. The molecule has 1 N–H and O–H groups in total. The number of aryl methyl sites for hydroxylation is 3. The molecule has 0 atom stereocenters.